The van der Waals surface area contributed by atoms with Gasteiger partial charge in [-0.25, -0.2) is 0 Å². The van der Waals surface area contributed by atoms with Crippen LogP contribution in [0.15, 0.2) is 24.3 Å². The van der Waals surface area contributed by atoms with Crippen LogP contribution in [0.4, 0.5) is 0 Å². The second-order valence-corrected chi connectivity index (χ2v) is 5.89. The molecule has 0 aliphatic carbocycles. The third-order valence-electron chi connectivity index (χ3n) is 3.71. The first kappa shape index (κ1) is 17.2. The first-order chi connectivity index (χ1) is 9.67. The molecule has 1 N–H and O–H groups in total. The number of methoxy groups -OCH3 is 1. The van der Waals surface area contributed by atoms with Crippen LogP contribution in [0.5, 0.6) is 0 Å². The van der Waals surface area contributed by atoms with Gasteiger partial charge in [0.25, 0.3) is 0 Å². The summed E-state index contributed by atoms with van der Waals surface area (Å²) in [4.78, 5) is 0. The smallest absolute Gasteiger partial charge is 0.0462 e. The Morgan fingerprint density at radius 1 is 1.15 bits per heavy atom. The van der Waals surface area contributed by atoms with Gasteiger partial charge in [0.2, 0.25) is 0 Å². The predicted molar refractivity (Wildman–Crippen MR) is 87.4 cm³/mol. The van der Waals surface area contributed by atoms with Gasteiger partial charge in [-0.2, -0.15) is 0 Å². The molecule has 1 unspecified atom stereocenters. The lowest BCUT2D eigenvalue weighted by Gasteiger charge is -2.19. The van der Waals surface area contributed by atoms with E-state index in [2.05, 4.69) is 50.4 Å². The van der Waals surface area contributed by atoms with Crippen molar-refractivity contribution in [2.75, 3.05) is 20.3 Å². The number of nitrogens with one attached hydrogen (secondary N) is 1. The Labute approximate surface area is 124 Å². The Hall–Kier alpha value is -0.860. The molecule has 0 aromatic heterocycles. The van der Waals surface area contributed by atoms with Crippen LogP contribution in [-0.2, 0) is 11.2 Å². The predicted octanol–water partition coefficient (Wildman–Crippen LogP) is 4.15. The first-order valence-electron chi connectivity index (χ1n) is 7.98. The van der Waals surface area contributed by atoms with Crippen LogP contribution in [-0.4, -0.2) is 26.3 Å². The Morgan fingerprint density at radius 3 is 2.40 bits per heavy atom. The zero-order valence-corrected chi connectivity index (χ0v) is 13.6. The summed E-state index contributed by atoms with van der Waals surface area (Å²) in [6.07, 6.45) is 4.61. The van der Waals surface area contributed by atoms with Crippen LogP contribution in [0.2, 0.25) is 0 Å². The molecule has 0 saturated carbocycles. The molecule has 1 rings (SSSR count). The largest absolute Gasteiger partial charge is 0.385 e. The van der Waals surface area contributed by atoms with E-state index in [1.165, 1.54) is 24.0 Å². The lowest BCUT2D eigenvalue weighted by molar-refractivity contribution is 0.188. The van der Waals surface area contributed by atoms with Crippen molar-refractivity contribution in [2.24, 2.45) is 0 Å². The summed E-state index contributed by atoms with van der Waals surface area (Å²) in [7, 11) is 1.78. The maximum absolute atomic E-state index is 5.16. The summed E-state index contributed by atoms with van der Waals surface area (Å²) in [5, 5.41) is 3.66. The van der Waals surface area contributed by atoms with E-state index >= 15 is 0 Å². The van der Waals surface area contributed by atoms with Crippen LogP contribution in [0.3, 0.4) is 0 Å². The molecule has 1 aromatic rings. The van der Waals surface area contributed by atoms with E-state index < -0.39 is 0 Å². The average Bonchev–Trinajstić information content (AvgIpc) is 2.45. The van der Waals surface area contributed by atoms with Crippen LogP contribution < -0.4 is 5.32 Å². The van der Waals surface area contributed by atoms with Crippen molar-refractivity contribution in [2.45, 2.75) is 58.4 Å². The van der Waals surface area contributed by atoms with Crippen molar-refractivity contribution in [3.05, 3.63) is 35.4 Å². The summed E-state index contributed by atoms with van der Waals surface area (Å²) in [6, 6.07) is 9.67. The zero-order chi connectivity index (χ0) is 14.8. The van der Waals surface area contributed by atoms with E-state index in [4.69, 9.17) is 4.74 Å². The van der Waals surface area contributed by atoms with Gasteiger partial charge in [-0.1, -0.05) is 45.0 Å². The van der Waals surface area contributed by atoms with E-state index in [0.717, 1.165) is 26.0 Å². The lowest BCUT2D eigenvalue weighted by atomic mass is 9.97. The maximum Gasteiger partial charge on any atom is 0.0462 e. The van der Waals surface area contributed by atoms with Gasteiger partial charge in [0.15, 0.2) is 0 Å². The quantitative estimate of drug-likeness (QED) is 0.649. The highest BCUT2D eigenvalue weighted by Crippen LogP contribution is 2.16. The molecule has 114 valence electrons. The van der Waals surface area contributed by atoms with Crippen molar-refractivity contribution in [1.82, 2.24) is 5.32 Å². The van der Waals surface area contributed by atoms with E-state index in [-0.39, 0.29) is 0 Å². The normalized spacial score (nSPS) is 12.8. The van der Waals surface area contributed by atoms with Crippen LogP contribution in [0.1, 0.15) is 57.1 Å². The zero-order valence-electron chi connectivity index (χ0n) is 13.6. The molecule has 20 heavy (non-hydrogen) atoms. The Bertz CT molecular complexity index is 345. The van der Waals surface area contributed by atoms with E-state index in [1.807, 2.05) is 0 Å². The van der Waals surface area contributed by atoms with Crippen LogP contribution in [0, 0.1) is 0 Å². The highest BCUT2D eigenvalue weighted by molar-refractivity contribution is 5.25. The van der Waals surface area contributed by atoms with Gasteiger partial charge in [-0.05, 0) is 49.3 Å². The minimum absolute atomic E-state index is 0.565. The minimum atomic E-state index is 0.565. The van der Waals surface area contributed by atoms with Crippen molar-refractivity contribution in [3.8, 4) is 0 Å². The summed E-state index contributed by atoms with van der Waals surface area (Å²) in [5.74, 6) is 0.611. The highest BCUT2D eigenvalue weighted by Gasteiger charge is 2.09. The van der Waals surface area contributed by atoms with Crippen molar-refractivity contribution in [3.63, 3.8) is 0 Å². The van der Waals surface area contributed by atoms with Crippen molar-refractivity contribution in [1.29, 1.82) is 0 Å². The molecule has 0 radical (unpaired) electrons. The second-order valence-electron chi connectivity index (χ2n) is 5.89. The monoisotopic (exact) mass is 277 g/mol. The summed E-state index contributed by atoms with van der Waals surface area (Å²) >= 11 is 0. The molecular weight excluding hydrogens is 246 g/mol. The minimum Gasteiger partial charge on any atom is -0.385 e. The highest BCUT2D eigenvalue weighted by atomic mass is 16.5. The fraction of sp³-hybridized carbons (Fsp3) is 0.667. The van der Waals surface area contributed by atoms with Crippen molar-refractivity contribution < 1.29 is 4.74 Å². The number of rotatable bonds is 10. The fourth-order valence-corrected chi connectivity index (χ4v) is 2.42. The molecule has 1 atom stereocenters. The third-order valence-corrected chi connectivity index (χ3v) is 3.71. The molecule has 0 fully saturated rings. The van der Waals surface area contributed by atoms with Crippen molar-refractivity contribution >= 4 is 0 Å². The average molecular weight is 277 g/mol. The summed E-state index contributed by atoms with van der Waals surface area (Å²) in [6.45, 7) is 8.66. The molecule has 1 aromatic carbocycles. The Morgan fingerprint density at radius 2 is 1.85 bits per heavy atom. The van der Waals surface area contributed by atoms with Gasteiger partial charge < -0.3 is 10.1 Å². The van der Waals surface area contributed by atoms with Gasteiger partial charge in [0.05, 0.1) is 0 Å². The standard InChI is InChI=1S/C18H31NO/c1-5-12-19-18(7-6-13-20-4)14-16-8-10-17(11-9-16)15(2)3/h8-11,15,18-19H,5-7,12-14H2,1-4H3. The summed E-state index contributed by atoms with van der Waals surface area (Å²) in [5.41, 5.74) is 2.85. The molecule has 0 amide bonds. The van der Waals surface area contributed by atoms with Gasteiger partial charge in [-0.3, -0.25) is 0 Å². The van der Waals surface area contributed by atoms with E-state index in [0.29, 0.717) is 12.0 Å². The van der Waals surface area contributed by atoms with Gasteiger partial charge in [0, 0.05) is 19.8 Å². The first-order valence-corrected chi connectivity index (χ1v) is 7.98. The topological polar surface area (TPSA) is 21.3 Å². The molecule has 0 bridgehead atoms. The van der Waals surface area contributed by atoms with Gasteiger partial charge in [-0.15, -0.1) is 0 Å². The van der Waals surface area contributed by atoms with Crippen LogP contribution >= 0.6 is 0 Å². The SMILES string of the molecule is CCCNC(CCCOC)Cc1ccc(C(C)C)cc1. The molecule has 0 spiro atoms. The lowest BCUT2D eigenvalue weighted by Crippen LogP contribution is -2.32. The van der Waals surface area contributed by atoms with Crippen LogP contribution in [0.25, 0.3) is 0 Å². The Balaban J connectivity index is 2.53. The summed E-state index contributed by atoms with van der Waals surface area (Å²) < 4.78 is 5.16. The third kappa shape index (κ3) is 6.53. The number of benzene rings is 1. The maximum atomic E-state index is 5.16. The van der Waals surface area contributed by atoms with Gasteiger partial charge in [0.1, 0.15) is 0 Å². The molecule has 0 aliphatic heterocycles. The fourth-order valence-electron chi connectivity index (χ4n) is 2.42. The molecule has 2 nitrogen and oxygen atoms in total. The number of ether oxygens (including phenoxy) is 1. The number of hydrogen-bond acceptors (Lipinski definition) is 2. The molecule has 2 heteroatoms. The van der Waals surface area contributed by atoms with E-state index in [9.17, 15) is 0 Å². The molecule has 0 heterocycles. The Kier molecular flexibility index (Phi) is 8.56. The van der Waals surface area contributed by atoms with E-state index in [1.54, 1.807) is 7.11 Å². The molecule has 0 aliphatic rings. The molecular formula is C18H31NO. The van der Waals surface area contributed by atoms with Gasteiger partial charge >= 0.3 is 0 Å². The molecule has 0 saturated heterocycles. The number of hydrogen-bond donors (Lipinski definition) is 1. The second kappa shape index (κ2) is 9.95.